The Balaban J connectivity index is 1.86. The molecule has 1 unspecified atom stereocenters. The molecule has 2 aromatic rings. The first kappa shape index (κ1) is 16.0. The van der Waals surface area contributed by atoms with Crippen molar-refractivity contribution in [2.24, 2.45) is 0 Å². The van der Waals surface area contributed by atoms with E-state index in [-0.39, 0.29) is 0 Å². The highest BCUT2D eigenvalue weighted by Gasteiger charge is 2.12. The highest BCUT2D eigenvalue weighted by atomic mass is 35.5. The quantitative estimate of drug-likeness (QED) is 0.864. The van der Waals surface area contributed by atoms with E-state index >= 15 is 0 Å². The van der Waals surface area contributed by atoms with Gasteiger partial charge in [0.25, 0.3) is 0 Å². The van der Waals surface area contributed by atoms with E-state index < -0.39 is 6.10 Å². The number of hydrogen-bond donors (Lipinski definition) is 1. The SMILES string of the molecule is Cc1cccc(CN(C)CCC(O)c2ccccc2Cl)c1. The van der Waals surface area contributed by atoms with Crippen molar-refractivity contribution in [2.75, 3.05) is 13.6 Å². The lowest BCUT2D eigenvalue weighted by atomic mass is 10.1. The van der Waals surface area contributed by atoms with Gasteiger partial charge in [0.05, 0.1) is 6.10 Å². The van der Waals surface area contributed by atoms with E-state index in [1.807, 2.05) is 24.3 Å². The van der Waals surface area contributed by atoms with Crippen molar-refractivity contribution >= 4 is 11.6 Å². The van der Waals surface area contributed by atoms with Gasteiger partial charge in [0, 0.05) is 18.1 Å². The van der Waals surface area contributed by atoms with E-state index in [0.717, 1.165) is 18.7 Å². The van der Waals surface area contributed by atoms with E-state index in [4.69, 9.17) is 11.6 Å². The van der Waals surface area contributed by atoms with Gasteiger partial charge in [0.2, 0.25) is 0 Å². The number of hydrogen-bond acceptors (Lipinski definition) is 2. The van der Waals surface area contributed by atoms with Crippen LogP contribution in [0.25, 0.3) is 0 Å². The van der Waals surface area contributed by atoms with E-state index in [1.54, 1.807) is 0 Å². The van der Waals surface area contributed by atoms with Crippen molar-refractivity contribution < 1.29 is 5.11 Å². The molecule has 0 aliphatic heterocycles. The fourth-order valence-corrected chi connectivity index (χ4v) is 2.71. The second-order valence-corrected chi connectivity index (χ2v) is 5.96. The van der Waals surface area contributed by atoms with Crippen LogP contribution in [0.2, 0.25) is 5.02 Å². The van der Waals surface area contributed by atoms with Crippen LogP contribution in [-0.4, -0.2) is 23.6 Å². The minimum atomic E-state index is -0.515. The maximum atomic E-state index is 10.2. The number of aliphatic hydroxyl groups excluding tert-OH is 1. The highest BCUT2D eigenvalue weighted by molar-refractivity contribution is 6.31. The zero-order valence-electron chi connectivity index (χ0n) is 12.6. The first-order valence-corrected chi connectivity index (χ1v) is 7.60. The van der Waals surface area contributed by atoms with Crippen molar-refractivity contribution in [1.29, 1.82) is 0 Å². The predicted octanol–water partition coefficient (Wildman–Crippen LogP) is 4.20. The van der Waals surface area contributed by atoms with Crippen LogP contribution in [0.4, 0.5) is 0 Å². The molecule has 0 saturated heterocycles. The number of aryl methyl sites for hydroxylation is 1. The van der Waals surface area contributed by atoms with Gasteiger partial charge in [-0.25, -0.2) is 0 Å². The molecular formula is C18H22ClNO. The number of rotatable bonds is 6. The molecule has 0 aliphatic carbocycles. The molecule has 0 spiro atoms. The minimum absolute atomic E-state index is 0.515. The molecule has 0 saturated carbocycles. The molecule has 21 heavy (non-hydrogen) atoms. The molecule has 1 atom stereocenters. The molecule has 112 valence electrons. The summed E-state index contributed by atoms with van der Waals surface area (Å²) >= 11 is 6.11. The molecular weight excluding hydrogens is 282 g/mol. The number of halogens is 1. The van der Waals surface area contributed by atoms with Gasteiger partial charge in [0.1, 0.15) is 0 Å². The van der Waals surface area contributed by atoms with E-state index in [2.05, 4.69) is 43.1 Å². The summed E-state index contributed by atoms with van der Waals surface area (Å²) in [5.41, 5.74) is 3.38. The van der Waals surface area contributed by atoms with Gasteiger partial charge in [-0.3, -0.25) is 0 Å². The maximum Gasteiger partial charge on any atom is 0.0816 e. The summed E-state index contributed by atoms with van der Waals surface area (Å²) in [6, 6.07) is 16.0. The molecule has 0 aromatic heterocycles. The van der Waals surface area contributed by atoms with Gasteiger partial charge in [-0.1, -0.05) is 59.6 Å². The summed E-state index contributed by atoms with van der Waals surface area (Å²) in [6.45, 7) is 3.81. The second kappa shape index (κ2) is 7.60. The van der Waals surface area contributed by atoms with E-state index in [9.17, 15) is 5.11 Å². The third kappa shape index (κ3) is 4.85. The van der Waals surface area contributed by atoms with Gasteiger partial charge in [-0.05, 0) is 37.6 Å². The largest absolute Gasteiger partial charge is 0.388 e. The van der Waals surface area contributed by atoms with Crippen molar-refractivity contribution in [3.05, 3.63) is 70.2 Å². The lowest BCUT2D eigenvalue weighted by molar-refractivity contribution is 0.148. The van der Waals surface area contributed by atoms with E-state index in [1.165, 1.54) is 11.1 Å². The zero-order valence-corrected chi connectivity index (χ0v) is 13.3. The molecule has 0 fully saturated rings. The number of nitrogens with zero attached hydrogens (tertiary/aromatic N) is 1. The maximum absolute atomic E-state index is 10.2. The molecule has 0 heterocycles. The van der Waals surface area contributed by atoms with Gasteiger partial charge < -0.3 is 10.0 Å². The third-order valence-electron chi connectivity index (χ3n) is 3.58. The lowest BCUT2D eigenvalue weighted by Gasteiger charge is -2.20. The Morgan fingerprint density at radius 1 is 1.14 bits per heavy atom. The van der Waals surface area contributed by atoms with Crippen molar-refractivity contribution in [1.82, 2.24) is 4.90 Å². The average Bonchev–Trinajstić information content (AvgIpc) is 2.45. The van der Waals surface area contributed by atoms with Crippen LogP contribution in [0.3, 0.4) is 0 Å². The van der Waals surface area contributed by atoms with Crippen LogP contribution in [0.1, 0.15) is 29.2 Å². The summed E-state index contributed by atoms with van der Waals surface area (Å²) in [6.07, 6.45) is 0.158. The first-order chi connectivity index (χ1) is 10.1. The lowest BCUT2D eigenvalue weighted by Crippen LogP contribution is -2.21. The molecule has 2 nitrogen and oxygen atoms in total. The monoisotopic (exact) mass is 303 g/mol. The second-order valence-electron chi connectivity index (χ2n) is 5.55. The fourth-order valence-electron chi connectivity index (χ4n) is 2.44. The highest BCUT2D eigenvalue weighted by Crippen LogP contribution is 2.24. The molecule has 2 rings (SSSR count). The molecule has 0 amide bonds. The van der Waals surface area contributed by atoms with Crippen molar-refractivity contribution in [3.8, 4) is 0 Å². The Kier molecular flexibility index (Phi) is 5.80. The first-order valence-electron chi connectivity index (χ1n) is 7.23. The summed E-state index contributed by atoms with van der Waals surface area (Å²) in [4.78, 5) is 2.22. The summed E-state index contributed by atoms with van der Waals surface area (Å²) in [5.74, 6) is 0. The van der Waals surface area contributed by atoms with Crippen molar-refractivity contribution in [3.63, 3.8) is 0 Å². The Hall–Kier alpha value is -1.35. The Morgan fingerprint density at radius 2 is 1.90 bits per heavy atom. The Bertz CT molecular complexity index is 585. The fraction of sp³-hybridized carbons (Fsp3) is 0.333. The molecule has 0 aliphatic rings. The van der Waals surface area contributed by atoms with Gasteiger partial charge in [-0.2, -0.15) is 0 Å². The van der Waals surface area contributed by atoms with Crippen LogP contribution in [0, 0.1) is 6.92 Å². The minimum Gasteiger partial charge on any atom is -0.388 e. The average molecular weight is 304 g/mol. The number of aliphatic hydroxyl groups is 1. The van der Waals surface area contributed by atoms with E-state index in [0.29, 0.717) is 11.4 Å². The van der Waals surface area contributed by atoms with Gasteiger partial charge >= 0.3 is 0 Å². The van der Waals surface area contributed by atoms with Crippen LogP contribution in [-0.2, 0) is 6.54 Å². The van der Waals surface area contributed by atoms with Gasteiger partial charge in [0.15, 0.2) is 0 Å². The molecule has 0 radical (unpaired) electrons. The molecule has 0 bridgehead atoms. The topological polar surface area (TPSA) is 23.5 Å². The Labute approximate surface area is 132 Å². The summed E-state index contributed by atoms with van der Waals surface area (Å²) in [5, 5.41) is 10.9. The summed E-state index contributed by atoms with van der Waals surface area (Å²) < 4.78 is 0. The predicted molar refractivity (Wildman–Crippen MR) is 88.5 cm³/mol. The normalized spacial score (nSPS) is 12.6. The standard InChI is InChI=1S/C18H22ClNO/c1-14-6-5-7-15(12-14)13-20(2)11-10-18(21)16-8-3-4-9-17(16)19/h3-9,12,18,21H,10-11,13H2,1-2H3. The number of benzene rings is 2. The van der Waals surface area contributed by atoms with Crippen molar-refractivity contribution in [2.45, 2.75) is 26.0 Å². The smallest absolute Gasteiger partial charge is 0.0816 e. The van der Waals surface area contributed by atoms with Crippen LogP contribution >= 0.6 is 11.6 Å². The zero-order chi connectivity index (χ0) is 15.2. The van der Waals surface area contributed by atoms with Gasteiger partial charge in [-0.15, -0.1) is 0 Å². The van der Waals surface area contributed by atoms with Crippen LogP contribution < -0.4 is 0 Å². The van der Waals surface area contributed by atoms with Crippen LogP contribution in [0.15, 0.2) is 48.5 Å². The van der Waals surface area contributed by atoms with Crippen LogP contribution in [0.5, 0.6) is 0 Å². The summed E-state index contributed by atoms with van der Waals surface area (Å²) in [7, 11) is 2.07. The third-order valence-corrected chi connectivity index (χ3v) is 3.93. The Morgan fingerprint density at radius 3 is 2.62 bits per heavy atom. The molecule has 2 aromatic carbocycles. The molecule has 1 N–H and O–H groups in total. The molecule has 3 heteroatoms.